The Morgan fingerprint density at radius 1 is 0.732 bits per heavy atom. The van der Waals surface area contributed by atoms with Gasteiger partial charge in [-0.1, -0.05) is 30.6 Å². The third kappa shape index (κ3) is 12.8. The van der Waals surface area contributed by atoms with Gasteiger partial charge in [0.1, 0.15) is 41.0 Å². The lowest BCUT2D eigenvalue weighted by molar-refractivity contribution is 0.0690. The summed E-state index contributed by atoms with van der Waals surface area (Å²) in [4.78, 5) is 54.2. The lowest BCUT2D eigenvalue weighted by atomic mass is 9.97. The van der Waals surface area contributed by atoms with Crippen LogP contribution in [0.15, 0.2) is 98.4 Å². The summed E-state index contributed by atoms with van der Waals surface area (Å²) in [6, 6.07) is 14.6. The first-order chi connectivity index (χ1) is 39.5. The Labute approximate surface area is 485 Å². The van der Waals surface area contributed by atoms with E-state index in [1.54, 1.807) is 76.8 Å². The zero-order valence-electron chi connectivity index (χ0n) is 45.9. The Morgan fingerprint density at radius 3 is 1.52 bits per heavy atom. The van der Waals surface area contributed by atoms with Gasteiger partial charge in [0, 0.05) is 60.8 Å². The summed E-state index contributed by atoms with van der Waals surface area (Å²) in [7, 11) is -1.00. The van der Waals surface area contributed by atoms with Crippen molar-refractivity contribution < 1.29 is 29.9 Å². The van der Waals surface area contributed by atoms with Crippen LogP contribution in [-0.4, -0.2) is 124 Å². The van der Waals surface area contributed by atoms with Crippen molar-refractivity contribution in [1.29, 1.82) is 10.5 Å². The molecule has 24 heteroatoms. The Bertz CT molecular complexity index is 3660. The van der Waals surface area contributed by atoms with E-state index in [9.17, 15) is 24.5 Å². The standard InChI is InChI=1S/C28H27ClN8O2.C22H25N7O.C6H4ClNO2.CH3F.CH4/c1-3-39-20-7-21(26-19(10-30)11-34-37(26)16-20)23-12-33-24(13-32-23)36-14-17-8-28(2,9-18(17)15-36)35-27(38)25-22(29)5-4-6-31-25;1-3-30-17-4-18(21-16(7-23)8-27-29(21)13-17)19-9-26-20(10-25-19)28-11-14-5-22(2,24)6-15(14)12-28;7-4-2-1-3-8-5(4)6(9)10;1-2;/h4-7,11-13,16-18H,3,8-9,14-15H2,1-2H3,(H,35,38);4,8-10,13-15H,3,5-6,11-12,24H2,1-2H3;1-3H,(H,9,10);1H3;1H4/t17-,18+,28?;14-,15+,22?;;;/i;;;1D;. The molecule has 0 spiro atoms. The second kappa shape index (κ2) is 25.5. The molecule has 0 aromatic carbocycles. The second-order valence-corrected chi connectivity index (χ2v) is 21.6. The number of ether oxygens (including phenoxy) is 2. The number of aromatic nitrogens is 10. The molecule has 426 valence electrons. The molecule has 0 radical (unpaired) electrons. The Hall–Kier alpha value is -8.57. The minimum atomic E-state index is -1.11. The molecule has 8 aromatic rings. The summed E-state index contributed by atoms with van der Waals surface area (Å²) in [5.74, 6) is 3.81. The minimum absolute atomic E-state index is 0. The van der Waals surface area contributed by atoms with Crippen molar-refractivity contribution in [3.8, 4) is 46.2 Å². The van der Waals surface area contributed by atoms with Crippen LogP contribution in [0.5, 0.6) is 11.5 Å². The highest BCUT2D eigenvalue weighted by Gasteiger charge is 2.48. The number of carbonyl (C=O) groups is 2. The number of anilines is 2. The van der Waals surface area contributed by atoms with Gasteiger partial charge in [0.2, 0.25) is 0 Å². The maximum absolute atomic E-state index is 12.8. The molecule has 10 heterocycles. The number of fused-ring (bicyclic) bond motifs is 4. The van der Waals surface area contributed by atoms with Crippen molar-refractivity contribution in [1.82, 2.24) is 54.4 Å². The van der Waals surface area contributed by atoms with Crippen molar-refractivity contribution in [2.45, 2.75) is 71.9 Å². The average molecular weight is 1160 g/mol. The number of carbonyl (C=O) groups excluding carboxylic acids is 1. The summed E-state index contributed by atoms with van der Waals surface area (Å²) >= 11 is 11.7. The molecular formula is C58H63Cl2FN16O5. The topological polar surface area (TPSA) is 277 Å². The van der Waals surface area contributed by atoms with E-state index in [-0.39, 0.29) is 40.8 Å². The monoisotopic (exact) mass is 1150 g/mol. The number of hydrogen-bond acceptors (Lipinski definition) is 17. The number of nitrogens with two attached hydrogens (primary N) is 1. The number of nitriles is 2. The number of aromatic carboxylic acids is 1. The van der Waals surface area contributed by atoms with Gasteiger partial charge in [-0.3, -0.25) is 19.2 Å². The fourth-order valence-corrected chi connectivity index (χ4v) is 12.1. The van der Waals surface area contributed by atoms with Crippen LogP contribution in [0.3, 0.4) is 0 Å². The lowest BCUT2D eigenvalue weighted by Crippen LogP contribution is -2.45. The van der Waals surface area contributed by atoms with E-state index in [2.05, 4.69) is 66.3 Å². The number of rotatable bonds is 11. The molecule has 2 unspecified atom stereocenters. The van der Waals surface area contributed by atoms with E-state index < -0.39 is 13.1 Å². The molecule has 2 saturated carbocycles. The van der Waals surface area contributed by atoms with Crippen molar-refractivity contribution in [2.24, 2.45) is 29.4 Å². The summed E-state index contributed by atoms with van der Waals surface area (Å²) in [6.45, 7) is 12.8. The number of pyridine rings is 4. The third-order valence-electron chi connectivity index (χ3n) is 14.9. The number of carboxylic acid groups (broad SMARTS) is 1. The largest absolute Gasteiger partial charge is 0.492 e. The van der Waals surface area contributed by atoms with E-state index in [0.29, 0.717) is 87.0 Å². The minimum Gasteiger partial charge on any atom is -0.492 e. The van der Waals surface area contributed by atoms with Crippen molar-refractivity contribution in [3.05, 3.63) is 131 Å². The Kier molecular flexibility index (Phi) is 18.1. The number of alkyl halides is 1. The molecule has 0 bridgehead atoms. The van der Waals surface area contributed by atoms with Gasteiger partial charge < -0.3 is 35.4 Å². The first-order valence-electron chi connectivity index (χ1n) is 26.8. The molecule has 82 heavy (non-hydrogen) atoms. The molecule has 4 aliphatic rings. The normalized spacial score (nSPS) is 21.2. The molecule has 4 fully saturated rings. The highest BCUT2D eigenvalue weighted by Crippen LogP contribution is 2.46. The zero-order chi connectivity index (χ0) is 58.3. The number of amides is 1. The zero-order valence-corrected chi connectivity index (χ0v) is 46.4. The molecule has 2 saturated heterocycles. The molecule has 12 rings (SSSR count). The highest BCUT2D eigenvalue weighted by atomic mass is 35.5. The van der Waals surface area contributed by atoms with Gasteiger partial charge in [-0.2, -0.15) is 20.7 Å². The Morgan fingerprint density at radius 2 is 1.16 bits per heavy atom. The summed E-state index contributed by atoms with van der Waals surface area (Å²) in [6.07, 6.45) is 20.6. The summed E-state index contributed by atoms with van der Waals surface area (Å²) in [5.41, 5.74) is 11.4. The van der Waals surface area contributed by atoms with Gasteiger partial charge in [0.25, 0.3) is 5.91 Å². The van der Waals surface area contributed by atoms with E-state index >= 15 is 0 Å². The van der Waals surface area contributed by atoms with Gasteiger partial charge in [0.15, 0.2) is 5.69 Å². The number of nitrogens with zero attached hydrogens (tertiary/aromatic N) is 14. The molecule has 21 nitrogen and oxygen atoms in total. The number of halogens is 3. The van der Waals surface area contributed by atoms with Gasteiger partial charge in [0.05, 0.1) is 115 Å². The molecule has 1 amide bonds. The third-order valence-corrected chi connectivity index (χ3v) is 15.5. The fraction of sp³-hybridized carbons (Fsp3) is 0.379. The van der Waals surface area contributed by atoms with Gasteiger partial charge in [-0.25, -0.2) is 33.8 Å². The first-order valence-corrected chi connectivity index (χ1v) is 26.9. The van der Waals surface area contributed by atoms with Crippen LogP contribution in [0.4, 0.5) is 16.0 Å². The number of nitrogens with one attached hydrogen (secondary N) is 1. The van der Waals surface area contributed by atoms with Crippen molar-refractivity contribution >= 4 is 57.7 Å². The fourth-order valence-electron chi connectivity index (χ4n) is 11.7. The number of hydrogen-bond donors (Lipinski definition) is 3. The maximum atomic E-state index is 12.8. The summed E-state index contributed by atoms with van der Waals surface area (Å²) < 4.78 is 30.2. The van der Waals surface area contributed by atoms with E-state index in [1.807, 2.05) is 32.2 Å². The van der Waals surface area contributed by atoms with Crippen LogP contribution in [0, 0.1) is 46.3 Å². The SMILES string of the molecule is C.CCOc1cc(-c2cnc(N3C[C@@H]4CC(C)(N)C[C@@H]4C3)cn2)c2c(C#N)cnn2c1.CCOc1cc(-c2cnc(N3C[C@@H]4CC(C)(NC(=O)c5ncccc5Cl)C[C@@H]4C3)cn2)c2c(C#N)cnn2c1.O=C(O)c1ncccc1Cl.[2H]CF. The van der Waals surface area contributed by atoms with Crippen LogP contribution >= 0.6 is 23.2 Å². The Balaban J connectivity index is 0.000000180. The predicted octanol–water partition coefficient (Wildman–Crippen LogP) is 9.43. The van der Waals surface area contributed by atoms with Crippen LogP contribution in [0.1, 0.15) is 94.3 Å². The predicted molar refractivity (Wildman–Crippen MR) is 309 cm³/mol. The van der Waals surface area contributed by atoms with Crippen LogP contribution in [0.2, 0.25) is 10.0 Å². The first kappa shape index (κ1) is 58.1. The second-order valence-electron chi connectivity index (χ2n) is 20.8. The highest BCUT2D eigenvalue weighted by molar-refractivity contribution is 6.33. The molecule has 2 aliphatic heterocycles. The van der Waals surface area contributed by atoms with Gasteiger partial charge >= 0.3 is 5.97 Å². The van der Waals surface area contributed by atoms with Gasteiger partial charge in [-0.15, -0.1) is 0 Å². The van der Waals surface area contributed by atoms with Crippen LogP contribution in [-0.2, 0) is 0 Å². The lowest BCUT2D eigenvalue weighted by Gasteiger charge is -2.28. The quantitative estimate of drug-likeness (QED) is 0.109. The van der Waals surface area contributed by atoms with Gasteiger partial charge in [-0.05, 0) is 113 Å². The number of carboxylic acids is 1. The smallest absolute Gasteiger partial charge is 0.356 e. The van der Waals surface area contributed by atoms with Crippen LogP contribution < -0.4 is 30.3 Å². The average Bonchev–Trinajstić information content (AvgIpc) is 4.51. The molecule has 4 N–H and O–H groups in total. The van der Waals surface area contributed by atoms with E-state index in [0.717, 1.165) is 74.6 Å². The van der Waals surface area contributed by atoms with E-state index in [4.69, 9.17) is 59.8 Å². The molecule has 6 atom stereocenters. The van der Waals surface area contributed by atoms with E-state index in [1.165, 1.54) is 12.3 Å². The molecule has 8 aromatic heterocycles. The van der Waals surface area contributed by atoms with Crippen molar-refractivity contribution in [2.75, 3.05) is 56.3 Å². The van der Waals surface area contributed by atoms with Crippen molar-refractivity contribution in [3.63, 3.8) is 0 Å². The molecule has 2 aliphatic carbocycles. The maximum Gasteiger partial charge on any atom is 0.356 e. The summed E-state index contributed by atoms with van der Waals surface area (Å²) in [5, 5.41) is 39.8. The van der Waals surface area contributed by atoms with Crippen LogP contribution in [0.25, 0.3) is 33.5 Å². The molecular weight excluding hydrogens is 1090 g/mol.